The van der Waals surface area contributed by atoms with Gasteiger partial charge >= 0.3 is 12.0 Å². The molecule has 9 heteroatoms. The molecule has 3 amide bonds. The van der Waals surface area contributed by atoms with Gasteiger partial charge in [0.2, 0.25) is 0 Å². The van der Waals surface area contributed by atoms with Gasteiger partial charge in [-0.25, -0.2) is 14.6 Å². The summed E-state index contributed by atoms with van der Waals surface area (Å²) >= 11 is 1.17. The Morgan fingerprint density at radius 3 is 2.42 bits per heavy atom. The maximum absolute atomic E-state index is 12.3. The van der Waals surface area contributed by atoms with Crippen molar-refractivity contribution in [2.75, 3.05) is 14.2 Å². The highest BCUT2D eigenvalue weighted by Gasteiger charge is 2.24. The summed E-state index contributed by atoms with van der Waals surface area (Å²) in [7, 11) is 2.96. The minimum absolute atomic E-state index is 0.301. The number of benzene rings is 1. The van der Waals surface area contributed by atoms with Gasteiger partial charge in [-0.2, -0.15) is 0 Å². The van der Waals surface area contributed by atoms with E-state index in [2.05, 4.69) is 15.6 Å². The van der Waals surface area contributed by atoms with E-state index in [0.29, 0.717) is 15.6 Å². The van der Waals surface area contributed by atoms with Crippen molar-refractivity contribution in [3.05, 3.63) is 34.8 Å². The van der Waals surface area contributed by atoms with Crippen LogP contribution in [-0.2, 0) is 9.53 Å². The Bertz CT molecular complexity index is 816. The fourth-order valence-corrected chi connectivity index (χ4v) is 2.94. The summed E-state index contributed by atoms with van der Waals surface area (Å²) < 4.78 is 10.2. The van der Waals surface area contributed by atoms with E-state index < -0.39 is 24.0 Å². The minimum Gasteiger partial charge on any atom is -0.497 e. The van der Waals surface area contributed by atoms with Crippen LogP contribution in [0.1, 0.15) is 22.3 Å². The fourth-order valence-electron chi connectivity index (χ4n) is 1.99. The molecule has 1 atom stereocenters. The molecule has 0 aliphatic carbocycles. The zero-order chi connectivity index (χ0) is 19.3. The third-order valence-electron chi connectivity index (χ3n) is 3.44. The zero-order valence-electron chi connectivity index (χ0n) is 14.8. The van der Waals surface area contributed by atoms with Crippen molar-refractivity contribution in [1.82, 2.24) is 15.6 Å². The van der Waals surface area contributed by atoms with Crippen molar-refractivity contribution in [2.45, 2.75) is 20.0 Å². The number of ether oxygens (including phenoxy) is 2. The molecule has 0 saturated heterocycles. The number of carbonyl (C=O) groups excluding carboxylic acids is 3. The van der Waals surface area contributed by atoms with E-state index >= 15 is 0 Å². The molecule has 138 valence electrons. The maximum atomic E-state index is 12.3. The van der Waals surface area contributed by atoms with E-state index in [1.807, 2.05) is 12.1 Å². The van der Waals surface area contributed by atoms with Crippen molar-refractivity contribution >= 4 is 29.2 Å². The van der Waals surface area contributed by atoms with Crippen LogP contribution in [0.3, 0.4) is 0 Å². The van der Waals surface area contributed by atoms with E-state index in [1.54, 1.807) is 26.2 Å². The van der Waals surface area contributed by atoms with E-state index in [4.69, 9.17) is 9.47 Å². The highest BCUT2D eigenvalue weighted by atomic mass is 32.1. The number of aromatic nitrogens is 1. The molecule has 2 aromatic rings. The second-order valence-corrected chi connectivity index (χ2v) is 6.28. The van der Waals surface area contributed by atoms with Crippen LogP contribution in [-0.4, -0.2) is 43.2 Å². The van der Waals surface area contributed by atoms with Gasteiger partial charge in [-0.05, 0) is 38.1 Å². The summed E-state index contributed by atoms with van der Waals surface area (Å²) in [5.41, 5.74) is 1.34. The van der Waals surface area contributed by atoms with Crippen molar-refractivity contribution in [3.8, 4) is 16.3 Å². The van der Waals surface area contributed by atoms with Crippen LogP contribution in [0, 0.1) is 6.92 Å². The third-order valence-corrected chi connectivity index (χ3v) is 4.62. The second kappa shape index (κ2) is 8.43. The first-order valence-electron chi connectivity index (χ1n) is 7.71. The molecule has 0 bridgehead atoms. The van der Waals surface area contributed by atoms with Gasteiger partial charge < -0.3 is 14.8 Å². The van der Waals surface area contributed by atoms with Crippen LogP contribution >= 0.6 is 11.3 Å². The number of amides is 3. The predicted octanol–water partition coefficient (Wildman–Crippen LogP) is 2.13. The Morgan fingerprint density at radius 1 is 1.19 bits per heavy atom. The Morgan fingerprint density at radius 2 is 1.85 bits per heavy atom. The maximum Gasteiger partial charge on any atom is 0.351 e. The average molecular weight is 377 g/mol. The van der Waals surface area contributed by atoms with Gasteiger partial charge in [0.1, 0.15) is 15.6 Å². The summed E-state index contributed by atoms with van der Waals surface area (Å²) in [6.07, 6.45) is -1.12. The quantitative estimate of drug-likeness (QED) is 0.773. The van der Waals surface area contributed by atoms with Crippen molar-refractivity contribution in [3.63, 3.8) is 0 Å². The molecular weight excluding hydrogens is 358 g/mol. The number of aryl methyl sites for hydroxylation is 1. The van der Waals surface area contributed by atoms with E-state index in [9.17, 15) is 14.4 Å². The van der Waals surface area contributed by atoms with Gasteiger partial charge in [-0.15, -0.1) is 11.3 Å². The SMILES string of the molecule is CNC(=O)NC(=O)[C@H](C)OC(=O)c1sc(-c2ccc(OC)cc2)nc1C. The summed E-state index contributed by atoms with van der Waals surface area (Å²) in [6, 6.07) is 6.61. The number of hydrogen-bond donors (Lipinski definition) is 2. The van der Waals surface area contributed by atoms with Crippen LogP contribution in [0.4, 0.5) is 4.79 Å². The molecule has 0 radical (unpaired) electrons. The molecule has 1 heterocycles. The van der Waals surface area contributed by atoms with Crippen LogP contribution in [0.25, 0.3) is 10.6 Å². The number of imide groups is 1. The second-order valence-electron chi connectivity index (χ2n) is 5.28. The number of carbonyl (C=O) groups is 3. The van der Waals surface area contributed by atoms with Crippen LogP contribution < -0.4 is 15.4 Å². The summed E-state index contributed by atoms with van der Waals surface area (Å²) in [5, 5.41) is 4.95. The van der Waals surface area contributed by atoms with E-state index in [0.717, 1.165) is 11.3 Å². The van der Waals surface area contributed by atoms with Crippen LogP contribution in [0.2, 0.25) is 0 Å². The zero-order valence-corrected chi connectivity index (χ0v) is 15.6. The molecular formula is C17H19N3O5S. The van der Waals surface area contributed by atoms with Crippen molar-refractivity contribution < 1.29 is 23.9 Å². The fraction of sp³-hybridized carbons (Fsp3) is 0.294. The van der Waals surface area contributed by atoms with Crippen LogP contribution in [0.5, 0.6) is 5.75 Å². The van der Waals surface area contributed by atoms with E-state index in [1.165, 1.54) is 25.3 Å². The molecule has 0 spiro atoms. The molecule has 2 rings (SSSR count). The highest BCUT2D eigenvalue weighted by Crippen LogP contribution is 2.29. The summed E-state index contributed by atoms with van der Waals surface area (Å²) in [4.78, 5) is 39.9. The molecule has 26 heavy (non-hydrogen) atoms. The van der Waals surface area contributed by atoms with Gasteiger partial charge in [0.15, 0.2) is 6.10 Å². The molecule has 0 saturated carbocycles. The number of nitrogens with one attached hydrogen (secondary N) is 2. The Labute approximate surface area is 154 Å². The predicted molar refractivity (Wildman–Crippen MR) is 96.3 cm³/mol. The molecule has 1 aromatic heterocycles. The first-order valence-corrected chi connectivity index (χ1v) is 8.52. The lowest BCUT2D eigenvalue weighted by atomic mass is 10.2. The summed E-state index contributed by atoms with van der Waals surface area (Å²) in [5.74, 6) is -0.660. The first kappa shape index (κ1) is 19.4. The van der Waals surface area contributed by atoms with Gasteiger partial charge in [-0.1, -0.05) is 0 Å². The monoisotopic (exact) mass is 377 g/mol. The van der Waals surface area contributed by atoms with Gasteiger partial charge in [0.25, 0.3) is 5.91 Å². The van der Waals surface area contributed by atoms with Crippen molar-refractivity contribution in [1.29, 1.82) is 0 Å². The number of esters is 1. The van der Waals surface area contributed by atoms with Crippen molar-refractivity contribution in [2.24, 2.45) is 0 Å². The lowest BCUT2D eigenvalue weighted by Crippen LogP contribution is -2.43. The first-order chi connectivity index (χ1) is 12.3. The number of methoxy groups -OCH3 is 1. The largest absolute Gasteiger partial charge is 0.497 e. The highest BCUT2D eigenvalue weighted by molar-refractivity contribution is 7.17. The lowest BCUT2D eigenvalue weighted by molar-refractivity contribution is -0.127. The van der Waals surface area contributed by atoms with Crippen LogP contribution in [0.15, 0.2) is 24.3 Å². The lowest BCUT2D eigenvalue weighted by Gasteiger charge is -2.12. The number of nitrogens with zero attached hydrogens (tertiary/aromatic N) is 1. The molecule has 1 aromatic carbocycles. The number of hydrogen-bond acceptors (Lipinski definition) is 7. The van der Waals surface area contributed by atoms with Gasteiger partial charge in [0.05, 0.1) is 12.8 Å². The smallest absolute Gasteiger partial charge is 0.351 e. The topological polar surface area (TPSA) is 107 Å². The van der Waals surface area contributed by atoms with Gasteiger partial charge in [-0.3, -0.25) is 10.1 Å². The number of rotatable bonds is 5. The Hall–Kier alpha value is -2.94. The third kappa shape index (κ3) is 4.57. The number of thiazole rings is 1. The molecule has 0 aliphatic heterocycles. The summed E-state index contributed by atoms with van der Waals surface area (Å²) in [6.45, 7) is 3.08. The molecule has 0 fully saturated rings. The van der Waals surface area contributed by atoms with Gasteiger partial charge in [0, 0.05) is 12.6 Å². The van der Waals surface area contributed by atoms with E-state index in [-0.39, 0.29) is 0 Å². The molecule has 0 unspecified atom stereocenters. The number of urea groups is 1. The Kier molecular flexibility index (Phi) is 6.29. The Balaban J connectivity index is 2.10. The normalized spacial score (nSPS) is 11.4. The average Bonchev–Trinajstić information content (AvgIpc) is 3.03. The molecule has 8 nitrogen and oxygen atoms in total. The molecule has 2 N–H and O–H groups in total. The minimum atomic E-state index is -1.12. The standard InChI is InChI=1S/C17H19N3O5S/c1-9-13(16(22)25-10(2)14(21)20-17(23)18-3)26-15(19-9)11-5-7-12(24-4)8-6-11/h5-8,10H,1-4H3,(H2,18,20,21,23)/t10-/m0/s1. The molecule has 0 aliphatic rings.